The molecule has 0 radical (unpaired) electrons. The van der Waals surface area contributed by atoms with Crippen LogP contribution in [0.5, 0.6) is 11.5 Å². The number of nitrogens with two attached hydrogens (primary N) is 1. The average molecular weight is 581 g/mol. The fourth-order valence-electron chi connectivity index (χ4n) is 4.68. The second-order valence-electron chi connectivity index (χ2n) is 10.2. The summed E-state index contributed by atoms with van der Waals surface area (Å²) in [4.78, 5) is 13.5. The fourth-order valence-corrected chi connectivity index (χ4v) is 5.78. The summed E-state index contributed by atoms with van der Waals surface area (Å²) in [6.07, 6.45) is 5.95. The molecule has 0 aliphatic carbocycles. The van der Waals surface area contributed by atoms with E-state index in [-0.39, 0.29) is 29.9 Å². The minimum absolute atomic E-state index is 0. The Bertz CT molecular complexity index is 1410. The van der Waals surface area contributed by atoms with E-state index < -0.39 is 0 Å². The molecule has 0 bridgehead atoms. The number of amides is 1. The van der Waals surface area contributed by atoms with Gasteiger partial charge in [0, 0.05) is 33.7 Å². The molecule has 4 rings (SSSR count). The van der Waals surface area contributed by atoms with Crippen LogP contribution < -0.4 is 21.1 Å². The summed E-state index contributed by atoms with van der Waals surface area (Å²) < 4.78 is 6.55. The Kier molecular flexibility index (Phi) is 10.2. The molecule has 0 saturated carbocycles. The first-order chi connectivity index (χ1) is 18.5. The van der Waals surface area contributed by atoms with E-state index in [1.54, 1.807) is 30.0 Å². The standard InChI is InChI=1S/C31H36N4O3S.ClH/c1-19-20(2)29-26(21(3)28(19)37)15-16-31(4,38-29)17-18-39-25-12-10-23(11-13-25)34-27(36)14-7-22-5-8-24(9-6-22)35-30(32)33;/h5-14,37H,15-18H2,1-4H3,(H,34,36)(H4,32,33,35);1H/b14-7+;. The van der Waals surface area contributed by atoms with E-state index in [2.05, 4.69) is 17.6 Å². The number of anilines is 2. The molecular formula is C31H37ClN4O3S. The molecule has 0 saturated heterocycles. The van der Waals surface area contributed by atoms with E-state index in [9.17, 15) is 9.90 Å². The lowest BCUT2D eigenvalue weighted by atomic mass is 9.86. The lowest BCUT2D eigenvalue weighted by molar-refractivity contribution is -0.111. The predicted octanol–water partition coefficient (Wildman–Crippen LogP) is 6.96. The fraction of sp³-hybridized carbons (Fsp3) is 0.290. The van der Waals surface area contributed by atoms with E-state index in [4.69, 9.17) is 15.9 Å². The summed E-state index contributed by atoms with van der Waals surface area (Å²) in [6.45, 7) is 8.12. The van der Waals surface area contributed by atoms with Gasteiger partial charge in [-0.15, -0.1) is 24.2 Å². The number of thioether (sulfide) groups is 1. The zero-order valence-electron chi connectivity index (χ0n) is 23.3. The van der Waals surface area contributed by atoms with Crippen molar-refractivity contribution >= 4 is 53.5 Å². The number of nitrogens with one attached hydrogen (secondary N) is 3. The molecule has 1 atom stereocenters. The number of hydrogen-bond donors (Lipinski definition) is 5. The van der Waals surface area contributed by atoms with Crippen molar-refractivity contribution in [1.29, 1.82) is 5.41 Å². The maximum Gasteiger partial charge on any atom is 0.248 e. The van der Waals surface area contributed by atoms with Crippen molar-refractivity contribution in [1.82, 2.24) is 0 Å². The second kappa shape index (κ2) is 13.2. The number of ether oxygens (including phenoxy) is 1. The van der Waals surface area contributed by atoms with Crippen molar-refractivity contribution in [3.8, 4) is 11.5 Å². The molecule has 0 aromatic heterocycles. The predicted molar refractivity (Wildman–Crippen MR) is 168 cm³/mol. The zero-order chi connectivity index (χ0) is 28.2. The Balaban J connectivity index is 0.00000441. The van der Waals surface area contributed by atoms with Crippen LogP contribution in [0.25, 0.3) is 6.08 Å². The third kappa shape index (κ3) is 7.52. The van der Waals surface area contributed by atoms with Crippen LogP contribution in [-0.2, 0) is 11.2 Å². The number of phenolic OH excluding ortho intramolecular Hbond substituents is 1. The Labute approximate surface area is 246 Å². The van der Waals surface area contributed by atoms with Crippen molar-refractivity contribution in [2.24, 2.45) is 5.73 Å². The van der Waals surface area contributed by atoms with Gasteiger partial charge in [-0.3, -0.25) is 10.2 Å². The van der Waals surface area contributed by atoms with E-state index in [0.29, 0.717) is 11.4 Å². The maximum absolute atomic E-state index is 12.3. The lowest BCUT2D eigenvalue weighted by Gasteiger charge is -2.38. The quantitative estimate of drug-likeness (QED) is 0.0849. The molecule has 1 heterocycles. The molecule has 6 N–H and O–H groups in total. The highest BCUT2D eigenvalue weighted by molar-refractivity contribution is 7.99. The number of phenols is 1. The zero-order valence-corrected chi connectivity index (χ0v) is 24.9. The third-order valence-electron chi connectivity index (χ3n) is 7.23. The van der Waals surface area contributed by atoms with Gasteiger partial charge in [-0.1, -0.05) is 12.1 Å². The van der Waals surface area contributed by atoms with E-state index in [1.807, 2.05) is 57.2 Å². The Morgan fingerprint density at radius 2 is 1.68 bits per heavy atom. The summed E-state index contributed by atoms with van der Waals surface area (Å²) >= 11 is 1.77. The molecule has 0 spiro atoms. The highest BCUT2D eigenvalue weighted by Gasteiger charge is 2.34. The van der Waals surface area contributed by atoms with Gasteiger partial charge in [0.15, 0.2) is 5.96 Å². The summed E-state index contributed by atoms with van der Waals surface area (Å²) in [7, 11) is 0. The van der Waals surface area contributed by atoms with Crippen LogP contribution in [0, 0.1) is 26.2 Å². The number of fused-ring (bicyclic) bond motifs is 1. The molecule has 7 nitrogen and oxygen atoms in total. The van der Waals surface area contributed by atoms with Crippen LogP contribution in [0.3, 0.4) is 0 Å². The van der Waals surface area contributed by atoms with Gasteiger partial charge in [0.2, 0.25) is 5.91 Å². The molecular weight excluding hydrogens is 544 g/mol. The van der Waals surface area contributed by atoms with Crippen molar-refractivity contribution < 1.29 is 14.6 Å². The topological polar surface area (TPSA) is 120 Å². The molecule has 9 heteroatoms. The van der Waals surface area contributed by atoms with Gasteiger partial charge in [0.1, 0.15) is 17.1 Å². The highest BCUT2D eigenvalue weighted by Crippen LogP contribution is 2.44. The summed E-state index contributed by atoms with van der Waals surface area (Å²) in [5.41, 5.74) is 11.4. The number of carbonyl (C=O) groups excluding carboxylic acids is 1. The van der Waals surface area contributed by atoms with Crippen molar-refractivity contribution in [2.75, 3.05) is 16.4 Å². The van der Waals surface area contributed by atoms with Crippen LogP contribution >= 0.6 is 24.2 Å². The van der Waals surface area contributed by atoms with E-state index in [1.165, 1.54) is 6.08 Å². The Morgan fingerprint density at radius 1 is 1.05 bits per heavy atom. The number of benzene rings is 3. The van der Waals surface area contributed by atoms with Crippen molar-refractivity contribution in [3.05, 3.63) is 82.4 Å². The van der Waals surface area contributed by atoms with Gasteiger partial charge in [0.05, 0.1) is 0 Å². The van der Waals surface area contributed by atoms with Crippen LogP contribution in [0.1, 0.15) is 47.6 Å². The van der Waals surface area contributed by atoms with Crippen molar-refractivity contribution in [2.45, 2.75) is 57.5 Å². The second-order valence-corrected chi connectivity index (χ2v) is 11.4. The van der Waals surface area contributed by atoms with Crippen LogP contribution in [0.15, 0.2) is 59.5 Å². The molecule has 212 valence electrons. The molecule has 1 aliphatic rings. The average Bonchev–Trinajstić information content (AvgIpc) is 2.91. The molecule has 1 unspecified atom stereocenters. The molecule has 1 aliphatic heterocycles. The smallest absolute Gasteiger partial charge is 0.248 e. The first-order valence-electron chi connectivity index (χ1n) is 13.0. The number of rotatable bonds is 8. The Hall–Kier alpha value is -3.62. The third-order valence-corrected chi connectivity index (χ3v) is 8.24. The van der Waals surface area contributed by atoms with Crippen molar-refractivity contribution in [3.63, 3.8) is 0 Å². The first kappa shape index (κ1) is 30.9. The SMILES string of the molecule is Cc1c(C)c2c(c(C)c1O)CCC(C)(CCSc1ccc(NC(=O)/C=C/c3ccc(NC(=N)N)cc3)cc1)O2.Cl. The van der Waals surface area contributed by atoms with Gasteiger partial charge >= 0.3 is 0 Å². The van der Waals surface area contributed by atoms with Gasteiger partial charge in [-0.05, 0) is 112 Å². The minimum Gasteiger partial charge on any atom is -0.507 e. The van der Waals surface area contributed by atoms with Gasteiger partial charge in [0.25, 0.3) is 0 Å². The van der Waals surface area contributed by atoms with E-state index >= 15 is 0 Å². The minimum atomic E-state index is -0.245. The number of aromatic hydroxyl groups is 1. The monoisotopic (exact) mass is 580 g/mol. The molecule has 40 heavy (non-hydrogen) atoms. The summed E-state index contributed by atoms with van der Waals surface area (Å²) in [5, 5.41) is 23.3. The van der Waals surface area contributed by atoms with Gasteiger partial charge < -0.3 is 26.2 Å². The molecule has 3 aromatic carbocycles. The maximum atomic E-state index is 12.3. The number of hydrogen-bond acceptors (Lipinski definition) is 5. The van der Waals surface area contributed by atoms with Crippen LogP contribution in [0.4, 0.5) is 11.4 Å². The Morgan fingerprint density at radius 3 is 2.33 bits per heavy atom. The van der Waals surface area contributed by atoms with Crippen LogP contribution in [0.2, 0.25) is 0 Å². The first-order valence-corrected chi connectivity index (χ1v) is 14.0. The molecule has 0 fully saturated rings. The van der Waals surface area contributed by atoms with Gasteiger partial charge in [-0.25, -0.2) is 0 Å². The highest BCUT2D eigenvalue weighted by atomic mass is 35.5. The van der Waals surface area contributed by atoms with Crippen LogP contribution in [-0.4, -0.2) is 28.3 Å². The van der Waals surface area contributed by atoms with E-state index in [0.717, 1.165) is 69.2 Å². The summed E-state index contributed by atoms with van der Waals surface area (Å²) in [6, 6.07) is 15.1. The number of guanidine groups is 1. The number of carbonyl (C=O) groups is 1. The number of halogens is 1. The summed E-state index contributed by atoms with van der Waals surface area (Å²) in [5.74, 6) is 1.91. The van der Waals surface area contributed by atoms with Gasteiger partial charge in [-0.2, -0.15) is 0 Å². The molecule has 1 amide bonds. The lowest BCUT2D eigenvalue weighted by Crippen LogP contribution is -2.37. The largest absolute Gasteiger partial charge is 0.507 e. The molecule has 3 aromatic rings. The normalized spacial score (nSPS) is 16.0.